The number of anilines is 1. The van der Waals surface area contributed by atoms with Crippen molar-refractivity contribution in [1.82, 2.24) is 9.78 Å². The molecule has 0 fully saturated rings. The minimum Gasteiger partial charge on any atom is -0.381 e. The number of aromatic nitrogens is 2. The van der Waals surface area contributed by atoms with Gasteiger partial charge in [0.1, 0.15) is 4.47 Å². The molecule has 0 saturated carbocycles. The number of hydrogen-bond acceptors (Lipinski definition) is 4. The molecule has 0 amide bonds. The molecule has 0 aliphatic rings. The standard InChI is InChI=1S/C12H18BrN3OS/c1-5-6-16-11(17)10(13)9(7-15-16)14-8-12(2,3)18-4/h5,7,14H,1,6,8H2,2-4H3. The third kappa shape index (κ3) is 3.88. The SMILES string of the molecule is C=CCn1ncc(NCC(C)(C)SC)c(Br)c1=O. The van der Waals surface area contributed by atoms with E-state index in [4.69, 9.17) is 0 Å². The first-order chi connectivity index (χ1) is 8.41. The van der Waals surface area contributed by atoms with Gasteiger partial charge in [-0.05, 0) is 36.0 Å². The predicted molar refractivity (Wildman–Crippen MR) is 82.5 cm³/mol. The van der Waals surface area contributed by atoms with E-state index in [-0.39, 0.29) is 10.3 Å². The fourth-order valence-electron chi connectivity index (χ4n) is 1.22. The highest BCUT2D eigenvalue weighted by molar-refractivity contribution is 9.10. The lowest BCUT2D eigenvalue weighted by atomic mass is 10.2. The zero-order chi connectivity index (χ0) is 13.8. The van der Waals surface area contributed by atoms with Crippen molar-refractivity contribution < 1.29 is 0 Å². The minimum absolute atomic E-state index is 0.107. The summed E-state index contributed by atoms with van der Waals surface area (Å²) in [4.78, 5) is 11.9. The summed E-state index contributed by atoms with van der Waals surface area (Å²) in [5.74, 6) is 0. The van der Waals surface area contributed by atoms with Gasteiger partial charge in [0.2, 0.25) is 0 Å². The molecule has 0 aromatic carbocycles. The van der Waals surface area contributed by atoms with Crippen LogP contribution in [-0.4, -0.2) is 27.3 Å². The van der Waals surface area contributed by atoms with E-state index < -0.39 is 0 Å². The van der Waals surface area contributed by atoms with Crippen LogP contribution in [0.25, 0.3) is 0 Å². The Morgan fingerprint density at radius 1 is 1.67 bits per heavy atom. The van der Waals surface area contributed by atoms with E-state index in [1.54, 1.807) is 24.0 Å². The number of hydrogen-bond donors (Lipinski definition) is 1. The molecule has 100 valence electrons. The van der Waals surface area contributed by atoms with Gasteiger partial charge in [0.15, 0.2) is 0 Å². The largest absolute Gasteiger partial charge is 0.381 e. The summed E-state index contributed by atoms with van der Waals surface area (Å²) in [6.07, 6.45) is 5.37. The molecule has 0 atom stereocenters. The lowest BCUT2D eigenvalue weighted by Crippen LogP contribution is -2.28. The van der Waals surface area contributed by atoms with Gasteiger partial charge in [0.25, 0.3) is 5.56 Å². The van der Waals surface area contributed by atoms with Gasteiger partial charge in [-0.2, -0.15) is 16.9 Å². The van der Waals surface area contributed by atoms with E-state index in [0.29, 0.717) is 11.0 Å². The number of allylic oxidation sites excluding steroid dienone is 1. The van der Waals surface area contributed by atoms with Crippen molar-refractivity contribution in [3.63, 3.8) is 0 Å². The smallest absolute Gasteiger partial charge is 0.283 e. The first-order valence-corrected chi connectivity index (χ1v) is 7.58. The molecule has 4 nitrogen and oxygen atoms in total. The maximum absolute atomic E-state index is 11.9. The Bertz CT molecular complexity index is 485. The average molecular weight is 332 g/mol. The zero-order valence-corrected chi connectivity index (χ0v) is 13.3. The second-order valence-corrected chi connectivity index (χ2v) is 6.77. The zero-order valence-electron chi connectivity index (χ0n) is 10.9. The first-order valence-electron chi connectivity index (χ1n) is 5.57. The van der Waals surface area contributed by atoms with E-state index in [0.717, 1.165) is 12.2 Å². The Balaban J connectivity index is 2.89. The number of nitrogens with zero attached hydrogens (tertiary/aromatic N) is 2. The fraction of sp³-hybridized carbons (Fsp3) is 0.500. The molecule has 0 aliphatic heterocycles. The molecule has 0 unspecified atom stereocenters. The van der Waals surface area contributed by atoms with Gasteiger partial charge in [0, 0.05) is 11.3 Å². The Morgan fingerprint density at radius 2 is 2.33 bits per heavy atom. The van der Waals surface area contributed by atoms with E-state index in [1.165, 1.54) is 4.68 Å². The van der Waals surface area contributed by atoms with Crippen molar-refractivity contribution in [2.45, 2.75) is 25.1 Å². The molecule has 0 radical (unpaired) electrons. The monoisotopic (exact) mass is 331 g/mol. The van der Waals surface area contributed by atoms with Crippen molar-refractivity contribution in [3.05, 3.63) is 33.7 Å². The van der Waals surface area contributed by atoms with Crippen LogP contribution >= 0.6 is 27.7 Å². The summed E-state index contributed by atoms with van der Waals surface area (Å²) in [5, 5.41) is 7.33. The molecule has 0 bridgehead atoms. The van der Waals surface area contributed by atoms with Crippen LogP contribution in [0.3, 0.4) is 0 Å². The second kappa shape index (κ2) is 6.43. The second-order valence-electron chi connectivity index (χ2n) is 4.47. The third-order valence-electron chi connectivity index (χ3n) is 2.54. The van der Waals surface area contributed by atoms with E-state index in [1.807, 2.05) is 0 Å². The summed E-state index contributed by atoms with van der Waals surface area (Å²) in [5.41, 5.74) is 0.573. The fourth-order valence-corrected chi connectivity index (χ4v) is 1.88. The van der Waals surface area contributed by atoms with Crippen molar-refractivity contribution >= 4 is 33.4 Å². The Kier molecular flexibility index (Phi) is 5.47. The van der Waals surface area contributed by atoms with Crippen molar-refractivity contribution in [2.24, 2.45) is 0 Å². The van der Waals surface area contributed by atoms with Gasteiger partial charge in [-0.3, -0.25) is 4.79 Å². The molecule has 0 saturated heterocycles. The summed E-state index contributed by atoms with van der Waals surface area (Å²) >= 11 is 5.09. The quantitative estimate of drug-likeness (QED) is 0.814. The lowest BCUT2D eigenvalue weighted by molar-refractivity contribution is 0.647. The Labute approximate surface area is 120 Å². The maximum Gasteiger partial charge on any atom is 0.283 e. The van der Waals surface area contributed by atoms with Crippen LogP contribution in [0.2, 0.25) is 0 Å². The average Bonchev–Trinajstić information content (AvgIpc) is 2.34. The molecule has 1 aromatic heterocycles. The molecular weight excluding hydrogens is 314 g/mol. The maximum atomic E-state index is 11.9. The number of halogens is 1. The van der Waals surface area contributed by atoms with E-state index >= 15 is 0 Å². The van der Waals surface area contributed by atoms with Crippen LogP contribution in [0.4, 0.5) is 5.69 Å². The predicted octanol–water partition coefficient (Wildman–Crippen LogP) is 2.75. The molecule has 6 heteroatoms. The summed E-state index contributed by atoms with van der Waals surface area (Å²) in [7, 11) is 0. The van der Waals surface area contributed by atoms with Crippen molar-refractivity contribution in [2.75, 3.05) is 18.1 Å². The van der Waals surface area contributed by atoms with Crippen LogP contribution in [-0.2, 0) is 6.54 Å². The van der Waals surface area contributed by atoms with Crippen molar-refractivity contribution in [3.8, 4) is 0 Å². The van der Waals surface area contributed by atoms with Gasteiger partial charge in [0.05, 0.1) is 18.4 Å². The highest BCUT2D eigenvalue weighted by Crippen LogP contribution is 2.23. The Hall–Kier alpha value is -0.750. The molecule has 18 heavy (non-hydrogen) atoms. The van der Waals surface area contributed by atoms with Crippen LogP contribution in [0.1, 0.15) is 13.8 Å². The molecule has 1 heterocycles. The third-order valence-corrected chi connectivity index (χ3v) is 4.56. The molecule has 1 N–H and O–H groups in total. The van der Waals surface area contributed by atoms with Gasteiger partial charge >= 0.3 is 0 Å². The highest BCUT2D eigenvalue weighted by atomic mass is 79.9. The topological polar surface area (TPSA) is 46.9 Å². The Morgan fingerprint density at radius 3 is 2.89 bits per heavy atom. The molecule has 0 spiro atoms. The molecule has 0 aliphatic carbocycles. The van der Waals surface area contributed by atoms with Crippen molar-refractivity contribution in [1.29, 1.82) is 0 Å². The van der Waals surface area contributed by atoms with E-state index in [9.17, 15) is 4.79 Å². The van der Waals surface area contributed by atoms with Crippen LogP contribution < -0.4 is 10.9 Å². The van der Waals surface area contributed by atoms with Gasteiger partial charge in [-0.25, -0.2) is 4.68 Å². The van der Waals surface area contributed by atoms with Gasteiger partial charge in [-0.15, -0.1) is 6.58 Å². The summed E-state index contributed by atoms with van der Waals surface area (Å²) in [6.45, 7) is 9.06. The number of rotatable bonds is 6. The number of thioether (sulfide) groups is 1. The van der Waals surface area contributed by atoms with Gasteiger partial charge in [-0.1, -0.05) is 6.08 Å². The normalized spacial score (nSPS) is 11.3. The van der Waals surface area contributed by atoms with E-state index in [2.05, 4.69) is 53.0 Å². The first kappa shape index (κ1) is 15.3. The molecule has 1 rings (SSSR count). The lowest BCUT2D eigenvalue weighted by Gasteiger charge is -2.23. The molecular formula is C12H18BrN3OS. The summed E-state index contributed by atoms with van der Waals surface area (Å²) in [6, 6.07) is 0. The van der Waals surface area contributed by atoms with Crippen LogP contribution in [0.15, 0.2) is 28.1 Å². The van der Waals surface area contributed by atoms with Crippen LogP contribution in [0.5, 0.6) is 0 Å². The van der Waals surface area contributed by atoms with Crippen LogP contribution in [0, 0.1) is 0 Å². The highest BCUT2D eigenvalue weighted by Gasteiger charge is 2.17. The summed E-state index contributed by atoms with van der Waals surface area (Å²) < 4.78 is 1.98. The minimum atomic E-state index is -0.151. The molecule has 1 aromatic rings. The number of nitrogens with one attached hydrogen (secondary N) is 1. The van der Waals surface area contributed by atoms with Gasteiger partial charge < -0.3 is 5.32 Å².